The Kier molecular flexibility index (Phi) is 11.4. The first kappa shape index (κ1) is 28.0. The Hall–Kier alpha value is -3.21. The molecule has 0 aliphatic carbocycles. The van der Waals surface area contributed by atoms with Crippen molar-refractivity contribution in [3.8, 4) is 11.6 Å². The summed E-state index contributed by atoms with van der Waals surface area (Å²) in [4.78, 5) is 22.3. The molecule has 5 N–H and O–H groups in total. The van der Waals surface area contributed by atoms with E-state index in [2.05, 4.69) is 10.3 Å². The van der Waals surface area contributed by atoms with Crippen molar-refractivity contribution in [3.63, 3.8) is 0 Å². The van der Waals surface area contributed by atoms with Gasteiger partial charge < -0.3 is 30.5 Å². The minimum atomic E-state index is -1.82. The Morgan fingerprint density at radius 1 is 0.971 bits per heavy atom. The third-order valence-corrected chi connectivity index (χ3v) is 5.00. The predicted molar refractivity (Wildman–Crippen MR) is 130 cm³/mol. The predicted octanol–water partition coefficient (Wildman–Crippen LogP) is 3.56. The standard InChI is InChI=1S/C22H22Cl2N2O3.C2H2O4/c23-17-4-1-3-16(12-17)20(28)13-25-18(14-27)11-15-7-9-19(10-8-15)29-22-6-2-5-21(24)26-22;3-1(4)2(5)6/h1-10,12,18,20,25,27-28H,11,13-14H2;(H,3,4)(H,5,6)/t18-,20-;/m0./s1. The van der Waals surface area contributed by atoms with Gasteiger partial charge in [-0.2, -0.15) is 0 Å². The van der Waals surface area contributed by atoms with E-state index in [0.29, 0.717) is 34.8 Å². The summed E-state index contributed by atoms with van der Waals surface area (Å²) in [7, 11) is 0. The summed E-state index contributed by atoms with van der Waals surface area (Å²) < 4.78 is 5.68. The summed E-state index contributed by atoms with van der Waals surface area (Å²) >= 11 is 11.8. The van der Waals surface area contributed by atoms with Crippen molar-refractivity contribution in [2.75, 3.05) is 13.2 Å². The van der Waals surface area contributed by atoms with Crippen LogP contribution in [0.25, 0.3) is 0 Å². The van der Waals surface area contributed by atoms with Crippen molar-refractivity contribution in [2.45, 2.75) is 18.6 Å². The number of hydrogen-bond donors (Lipinski definition) is 5. The molecule has 35 heavy (non-hydrogen) atoms. The molecule has 3 aromatic rings. The molecule has 0 amide bonds. The normalized spacial score (nSPS) is 12.1. The van der Waals surface area contributed by atoms with Crippen LogP contribution in [0.5, 0.6) is 11.6 Å². The number of hydrogen-bond acceptors (Lipinski definition) is 7. The van der Waals surface area contributed by atoms with Gasteiger partial charge in [-0.3, -0.25) is 0 Å². The molecule has 9 nitrogen and oxygen atoms in total. The van der Waals surface area contributed by atoms with Gasteiger partial charge in [-0.15, -0.1) is 0 Å². The number of rotatable bonds is 9. The van der Waals surface area contributed by atoms with E-state index >= 15 is 0 Å². The van der Waals surface area contributed by atoms with E-state index in [4.69, 9.17) is 47.7 Å². The summed E-state index contributed by atoms with van der Waals surface area (Å²) in [5, 5.41) is 38.9. The number of benzene rings is 2. The average Bonchev–Trinajstić information content (AvgIpc) is 2.83. The second-order valence-corrected chi connectivity index (χ2v) is 8.04. The molecule has 0 fully saturated rings. The van der Waals surface area contributed by atoms with E-state index in [1.54, 1.807) is 36.4 Å². The van der Waals surface area contributed by atoms with E-state index in [1.165, 1.54) is 0 Å². The van der Waals surface area contributed by atoms with E-state index in [-0.39, 0.29) is 12.6 Å². The van der Waals surface area contributed by atoms with Crippen molar-refractivity contribution in [1.29, 1.82) is 0 Å². The molecule has 0 spiro atoms. The topological polar surface area (TPSA) is 149 Å². The van der Waals surface area contributed by atoms with Crippen molar-refractivity contribution >= 4 is 35.1 Å². The van der Waals surface area contributed by atoms with Gasteiger partial charge in [-0.1, -0.05) is 53.5 Å². The van der Waals surface area contributed by atoms with Gasteiger partial charge in [0.25, 0.3) is 0 Å². The maximum Gasteiger partial charge on any atom is 0.414 e. The molecule has 186 valence electrons. The molecule has 0 bridgehead atoms. The molecule has 0 aliphatic heterocycles. The Bertz CT molecular complexity index is 1100. The Morgan fingerprint density at radius 3 is 2.20 bits per heavy atom. The molecular formula is C24H24Cl2N2O7. The lowest BCUT2D eigenvalue weighted by Crippen LogP contribution is -2.37. The molecule has 2 aromatic carbocycles. The number of aliphatic carboxylic acids is 2. The molecule has 1 aromatic heterocycles. The Balaban J connectivity index is 0.000000641. The maximum absolute atomic E-state index is 10.3. The number of carboxylic acids is 2. The summed E-state index contributed by atoms with van der Waals surface area (Å²) in [5.74, 6) is -2.58. The van der Waals surface area contributed by atoms with Crippen molar-refractivity contribution in [3.05, 3.63) is 88.0 Å². The van der Waals surface area contributed by atoms with Crippen LogP contribution in [-0.2, 0) is 16.0 Å². The van der Waals surface area contributed by atoms with Crippen LogP contribution in [0.4, 0.5) is 0 Å². The fourth-order valence-electron chi connectivity index (χ4n) is 2.86. The number of pyridine rings is 1. The van der Waals surface area contributed by atoms with Crippen LogP contribution in [0, 0.1) is 0 Å². The number of nitrogens with one attached hydrogen (secondary N) is 1. The van der Waals surface area contributed by atoms with Gasteiger partial charge in [0.05, 0.1) is 12.7 Å². The monoisotopic (exact) mass is 522 g/mol. The van der Waals surface area contributed by atoms with Crippen LogP contribution >= 0.6 is 23.2 Å². The number of carboxylic acid groups (broad SMARTS) is 2. The molecular weight excluding hydrogens is 499 g/mol. The third-order valence-electron chi connectivity index (χ3n) is 4.55. The lowest BCUT2D eigenvalue weighted by atomic mass is 10.1. The van der Waals surface area contributed by atoms with E-state index in [1.807, 2.05) is 30.3 Å². The number of aliphatic hydroxyl groups is 2. The summed E-state index contributed by atoms with van der Waals surface area (Å²) in [5.41, 5.74) is 1.76. The minimum Gasteiger partial charge on any atom is -0.473 e. The lowest BCUT2D eigenvalue weighted by Gasteiger charge is -2.19. The van der Waals surface area contributed by atoms with Crippen LogP contribution in [-0.4, -0.2) is 56.5 Å². The van der Waals surface area contributed by atoms with Gasteiger partial charge in [0.1, 0.15) is 10.9 Å². The molecule has 0 saturated carbocycles. The Labute approximate surface area is 211 Å². The highest BCUT2D eigenvalue weighted by molar-refractivity contribution is 6.30. The van der Waals surface area contributed by atoms with Gasteiger partial charge in [0, 0.05) is 23.7 Å². The largest absolute Gasteiger partial charge is 0.473 e. The summed E-state index contributed by atoms with van der Waals surface area (Å²) in [6.45, 7) is 0.264. The van der Waals surface area contributed by atoms with Crippen molar-refractivity contribution in [2.24, 2.45) is 0 Å². The molecule has 2 atom stereocenters. The van der Waals surface area contributed by atoms with E-state index in [0.717, 1.165) is 11.1 Å². The van der Waals surface area contributed by atoms with Crippen molar-refractivity contribution < 1.29 is 34.8 Å². The molecule has 0 saturated heterocycles. The van der Waals surface area contributed by atoms with Gasteiger partial charge in [0.2, 0.25) is 5.88 Å². The zero-order valence-electron chi connectivity index (χ0n) is 18.3. The average molecular weight is 523 g/mol. The van der Waals surface area contributed by atoms with Crippen LogP contribution in [0.15, 0.2) is 66.7 Å². The van der Waals surface area contributed by atoms with Gasteiger partial charge in [-0.05, 0) is 47.9 Å². The molecule has 1 heterocycles. The number of nitrogens with zero attached hydrogens (tertiary/aromatic N) is 1. The highest BCUT2D eigenvalue weighted by atomic mass is 35.5. The van der Waals surface area contributed by atoms with Crippen LogP contribution in [0.2, 0.25) is 10.2 Å². The number of carbonyl (C=O) groups is 2. The number of aromatic nitrogens is 1. The maximum atomic E-state index is 10.3. The smallest absolute Gasteiger partial charge is 0.414 e. The van der Waals surface area contributed by atoms with Gasteiger partial charge in [-0.25, -0.2) is 14.6 Å². The minimum absolute atomic E-state index is 0.0487. The summed E-state index contributed by atoms with van der Waals surface area (Å²) in [6, 6.07) is 19.6. The molecule has 11 heteroatoms. The first-order valence-electron chi connectivity index (χ1n) is 10.3. The fraction of sp³-hybridized carbons (Fsp3) is 0.208. The quantitative estimate of drug-likeness (QED) is 0.210. The molecule has 3 rings (SSSR count). The van der Waals surface area contributed by atoms with E-state index in [9.17, 15) is 10.2 Å². The second kappa shape index (κ2) is 14.2. The highest BCUT2D eigenvalue weighted by Crippen LogP contribution is 2.22. The Morgan fingerprint density at radius 2 is 1.63 bits per heavy atom. The number of ether oxygens (including phenoxy) is 1. The zero-order chi connectivity index (χ0) is 25.8. The van der Waals surface area contributed by atoms with Crippen LogP contribution in [0.3, 0.4) is 0 Å². The highest BCUT2D eigenvalue weighted by Gasteiger charge is 2.13. The molecule has 0 radical (unpaired) electrons. The van der Waals surface area contributed by atoms with E-state index < -0.39 is 18.0 Å². The van der Waals surface area contributed by atoms with Gasteiger partial charge in [0.15, 0.2) is 0 Å². The summed E-state index contributed by atoms with van der Waals surface area (Å²) in [6.07, 6.45) is -0.0993. The first-order chi connectivity index (χ1) is 16.7. The number of halogens is 2. The van der Waals surface area contributed by atoms with Crippen LogP contribution < -0.4 is 10.1 Å². The second-order valence-electron chi connectivity index (χ2n) is 7.22. The fourth-order valence-corrected chi connectivity index (χ4v) is 3.21. The molecule has 0 aliphatic rings. The SMILES string of the molecule is O=C(O)C(=O)O.OC[C@H](Cc1ccc(Oc2cccc(Cl)n2)cc1)NC[C@H](O)c1cccc(Cl)c1. The number of aliphatic hydroxyl groups excluding tert-OH is 2. The third kappa shape index (κ3) is 10.3. The zero-order valence-corrected chi connectivity index (χ0v) is 19.9. The lowest BCUT2D eigenvalue weighted by molar-refractivity contribution is -0.159. The first-order valence-corrected chi connectivity index (χ1v) is 11.1. The van der Waals surface area contributed by atoms with Gasteiger partial charge >= 0.3 is 11.9 Å². The van der Waals surface area contributed by atoms with Crippen LogP contribution in [0.1, 0.15) is 17.2 Å². The van der Waals surface area contributed by atoms with Crippen molar-refractivity contribution in [1.82, 2.24) is 10.3 Å². The molecule has 0 unspecified atom stereocenters.